The minimum absolute atomic E-state index is 0.139. The summed E-state index contributed by atoms with van der Waals surface area (Å²) in [5.41, 5.74) is 1.06. The van der Waals surface area contributed by atoms with Gasteiger partial charge < -0.3 is 14.0 Å². The Morgan fingerprint density at radius 3 is 2.72 bits per heavy atom. The smallest absolute Gasteiger partial charge is 0.311 e. The van der Waals surface area contributed by atoms with Crippen LogP contribution in [0.4, 0.5) is 4.39 Å². The highest BCUT2D eigenvalue weighted by Gasteiger charge is 2.13. The first-order valence-corrected chi connectivity index (χ1v) is 9.05. The maximum Gasteiger partial charge on any atom is 0.311 e. The summed E-state index contributed by atoms with van der Waals surface area (Å²) >= 11 is 0. The number of nitriles is 1. The third-order valence-corrected chi connectivity index (χ3v) is 3.94. The zero-order valence-electron chi connectivity index (χ0n) is 15.7. The summed E-state index contributed by atoms with van der Waals surface area (Å²) in [6.45, 7) is 2.18. The van der Waals surface area contributed by atoms with Gasteiger partial charge in [-0.1, -0.05) is 5.16 Å². The summed E-state index contributed by atoms with van der Waals surface area (Å²) in [4.78, 5) is 16.4. The Hall–Kier alpha value is -3.73. The summed E-state index contributed by atoms with van der Waals surface area (Å²) in [6, 6.07) is 12.4. The van der Waals surface area contributed by atoms with Crippen LogP contribution in [0, 0.1) is 17.1 Å². The molecule has 1 heterocycles. The molecule has 0 spiro atoms. The molecule has 0 atom stereocenters. The van der Waals surface area contributed by atoms with Gasteiger partial charge in [-0.05, 0) is 49.7 Å². The second-order valence-corrected chi connectivity index (χ2v) is 6.05. The summed E-state index contributed by atoms with van der Waals surface area (Å²) in [5, 5.41) is 12.8. The lowest BCUT2D eigenvalue weighted by Crippen LogP contribution is -2.09. The monoisotopic (exact) mass is 395 g/mol. The van der Waals surface area contributed by atoms with Crippen LogP contribution in [-0.2, 0) is 11.2 Å². The van der Waals surface area contributed by atoms with Crippen molar-refractivity contribution in [3.8, 4) is 29.0 Å². The van der Waals surface area contributed by atoms with Gasteiger partial charge in [-0.25, -0.2) is 4.39 Å². The molecule has 0 amide bonds. The van der Waals surface area contributed by atoms with Crippen molar-refractivity contribution in [2.24, 2.45) is 0 Å². The van der Waals surface area contributed by atoms with E-state index in [1.807, 2.05) is 6.07 Å². The number of carbonyl (C=O) groups excluding carboxylic acids is 1. The Kier molecular flexibility index (Phi) is 6.53. The molecule has 0 unspecified atom stereocenters. The molecule has 29 heavy (non-hydrogen) atoms. The van der Waals surface area contributed by atoms with E-state index >= 15 is 0 Å². The van der Waals surface area contributed by atoms with Gasteiger partial charge in [-0.3, -0.25) is 4.79 Å². The average molecular weight is 395 g/mol. The molecule has 8 heteroatoms. The molecule has 7 nitrogen and oxygen atoms in total. The van der Waals surface area contributed by atoms with Crippen LogP contribution in [0.2, 0.25) is 0 Å². The van der Waals surface area contributed by atoms with Crippen molar-refractivity contribution in [2.75, 3.05) is 6.61 Å². The predicted molar refractivity (Wildman–Crippen MR) is 101 cm³/mol. The number of carbonyl (C=O) groups is 1. The molecule has 1 aromatic heterocycles. The molecular weight excluding hydrogens is 377 g/mol. The molecule has 0 fully saturated rings. The van der Waals surface area contributed by atoms with E-state index in [0.29, 0.717) is 48.0 Å². The van der Waals surface area contributed by atoms with Crippen LogP contribution < -0.4 is 9.47 Å². The number of ether oxygens (including phenoxy) is 2. The first-order valence-electron chi connectivity index (χ1n) is 9.05. The molecular formula is C21H18FN3O4. The van der Waals surface area contributed by atoms with E-state index in [2.05, 4.69) is 10.1 Å². The fourth-order valence-corrected chi connectivity index (χ4v) is 2.56. The number of nitrogens with zero attached hydrogens (tertiary/aromatic N) is 3. The fourth-order valence-electron chi connectivity index (χ4n) is 2.56. The van der Waals surface area contributed by atoms with Crippen LogP contribution in [0.3, 0.4) is 0 Å². The minimum atomic E-state index is -0.436. The largest absolute Gasteiger partial charge is 0.490 e. The van der Waals surface area contributed by atoms with Crippen LogP contribution in [0.5, 0.6) is 11.5 Å². The third-order valence-electron chi connectivity index (χ3n) is 3.94. The summed E-state index contributed by atoms with van der Waals surface area (Å²) in [6.07, 6.45) is 0.985. The maximum absolute atomic E-state index is 13.0. The fraction of sp³-hybridized carbons (Fsp3) is 0.238. The van der Waals surface area contributed by atoms with Gasteiger partial charge in [-0.15, -0.1) is 0 Å². The molecule has 0 saturated heterocycles. The van der Waals surface area contributed by atoms with Crippen LogP contribution >= 0.6 is 0 Å². The molecule has 0 aliphatic heterocycles. The number of esters is 1. The van der Waals surface area contributed by atoms with E-state index in [1.165, 1.54) is 24.3 Å². The molecule has 0 aliphatic carbocycles. The molecule has 0 saturated carbocycles. The van der Waals surface area contributed by atoms with Gasteiger partial charge in [0.15, 0.2) is 11.5 Å². The van der Waals surface area contributed by atoms with Crippen molar-refractivity contribution in [3.05, 3.63) is 59.7 Å². The van der Waals surface area contributed by atoms with Crippen molar-refractivity contribution in [1.29, 1.82) is 5.26 Å². The third kappa shape index (κ3) is 5.39. The van der Waals surface area contributed by atoms with E-state index in [4.69, 9.17) is 19.3 Å². The first-order chi connectivity index (χ1) is 14.1. The highest BCUT2D eigenvalue weighted by Crippen LogP contribution is 2.28. The lowest BCUT2D eigenvalue weighted by atomic mass is 10.2. The minimum Gasteiger partial charge on any atom is -0.490 e. The number of hydrogen-bond acceptors (Lipinski definition) is 7. The van der Waals surface area contributed by atoms with Gasteiger partial charge in [0, 0.05) is 24.5 Å². The topological polar surface area (TPSA) is 98.2 Å². The molecule has 3 rings (SSSR count). The Bertz CT molecular complexity index is 1030. The van der Waals surface area contributed by atoms with Gasteiger partial charge in [0.05, 0.1) is 18.2 Å². The number of aromatic nitrogens is 2. The number of aryl methyl sites for hydroxylation is 1. The summed E-state index contributed by atoms with van der Waals surface area (Å²) in [7, 11) is 0. The summed E-state index contributed by atoms with van der Waals surface area (Å²) < 4.78 is 28.9. The Labute approximate surface area is 166 Å². The highest BCUT2D eigenvalue weighted by molar-refractivity contribution is 5.73. The van der Waals surface area contributed by atoms with Gasteiger partial charge in [0.1, 0.15) is 5.82 Å². The van der Waals surface area contributed by atoms with E-state index in [-0.39, 0.29) is 18.0 Å². The van der Waals surface area contributed by atoms with E-state index in [1.54, 1.807) is 25.1 Å². The number of benzene rings is 2. The summed E-state index contributed by atoms with van der Waals surface area (Å²) in [5.74, 6) is 0.583. The number of rotatable bonds is 8. The molecule has 0 aliphatic rings. The Morgan fingerprint density at radius 2 is 2.00 bits per heavy atom. The molecule has 148 valence electrons. The van der Waals surface area contributed by atoms with Crippen LogP contribution in [-0.4, -0.2) is 22.7 Å². The number of halogens is 1. The highest BCUT2D eigenvalue weighted by atomic mass is 19.1. The first kappa shape index (κ1) is 20.0. The van der Waals surface area contributed by atoms with Crippen LogP contribution in [0.15, 0.2) is 47.0 Å². The molecule has 0 radical (unpaired) electrons. The molecule has 0 bridgehead atoms. The van der Waals surface area contributed by atoms with Crippen LogP contribution in [0.25, 0.3) is 11.4 Å². The molecule has 3 aromatic rings. The van der Waals surface area contributed by atoms with Crippen molar-refractivity contribution in [1.82, 2.24) is 10.1 Å². The van der Waals surface area contributed by atoms with Gasteiger partial charge in [-0.2, -0.15) is 10.2 Å². The van der Waals surface area contributed by atoms with E-state index < -0.39 is 5.97 Å². The number of hydrogen-bond donors (Lipinski definition) is 0. The van der Waals surface area contributed by atoms with Gasteiger partial charge >= 0.3 is 5.97 Å². The average Bonchev–Trinajstić information content (AvgIpc) is 3.19. The standard InChI is InChI=1S/C21H18FN3O4/c1-2-27-18-12-14(13-23)6-11-17(18)28-20(26)5-3-4-19-24-21(25-29-19)15-7-9-16(22)10-8-15/h6-12H,2-5H2,1H3. The second-order valence-electron chi connectivity index (χ2n) is 6.05. The predicted octanol–water partition coefficient (Wildman–Crippen LogP) is 4.07. The quantitative estimate of drug-likeness (QED) is 0.419. The lowest BCUT2D eigenvalue weighted by Gasteiger charge is -2.10. The van der Waals surface area contributed by atoms with Crippen molar-refractivity contribution in [3.63, 3.8) is 0 Å². The van der Waals surface area contributed by atoms with E-state index in [0.717, 1.165) is 0 Å². The van der Waals surface area contributed by atoms with E-state index in [9.17, 15) is 9.18 Å². The Balaban J connectivity index is 1.53. The Morgan fingerprint density at radius 1 is 1.21 bits per heavy atom. The van der Waals surface area contributed by atoms with Crippen LogP contribution in [0.1, 0.15) is 31.2 Å². The lowest BCUT2D eigenvalue weighted by molar-refractivity contribution is -0.134. The SMILES string of the molecule is CCOc1cc(C#N)ccc1OC(=O)CCCc1nc(-c2ccc(F)cc2)no1. The molecule has 0 N–H and O–H groups in total. The normalized spacial score (nSPS) is 10.4. The molecule has 2 aromatic carbocycles. The second kappa shape index (κ2) is 9.46. The zero-order valence-corrected chi connectivity index (χ0v) is 15.7. The van der Waals surface area contributed by atoms with Gasteiger partial charge in [0.25, 0.3) is 0 Å². The maximum atomic E-state index is 13.0. The van der Waals surface area contributed by atoms with Crippen molar-refractivity contribution >= 4 is 5.97 Å². The van der Waals surface area contributed by atoms with Crippen molar-refractivity contribution < 1.29 is 23.2 Å². The van der Waals surface area contributed by atoms with Gasteiger partial charge in [0.2, 0.25) is 11.7 Å². The van der Waals surface area contributed by atoms with Crippen molar-refractivity contribution in [2.45, 2.75) is 26.2 Å². The zero-order chi connectivity index (χ0) is 20.6.